The van der Waals surface area contributed by atoms with E-state index in [4.69, 9.17) is 0 Å². The van der Waals surface area contributed by atoms with Gasteiger partial charge in [-0.25, -0.2) is 12.7 Å². The number of aromatic nitrogens is 2. The first-order valence-corrected chi connectivity index (χ1v) is 11.6. The van der Waals surface area contributed by atoms with Crippen molar-refractivity contribution in [1.82, 2.24) is 14.5 Å². The van der Waals surface area contributed by atoms with E-state index in [2.05, 4.69) is 15.5 Å². The van der Waals surface area contributed by atoms with E-state index in [0.29, 0.717) is 30.9 Å². The lowest BCUT2D eigenvalue weighted by Crippen LogP contribution is -2.44. The lowest BCUT2D eigenvalue weighted by atomic mass is 9.99. The molecular formula is C18H24N4O3S2. The Labute approximate surface area is 163 Å². The average molecular weight is 409 g/mol. The Hall–Kier alpha value is -1.84. The molecule has 2 heterocycles. The molecule has 1 aromatic carbocycles. The molecule has 0 saturated carbocycles. The molecule has 1 aliphatic rings. The second kappa shape index (κ2) is 8.90. The van der Waals surface area contributed by atoms with E-state index in [-0.39, 0.29) is 24.1 Å². The first kappa shape index (κ1) is 19.9. The molecule has 0 spiro atoms. The summed E-state index contributed by atoms with van der Waals surface area (Å²) in [6.45, 7) is 2.70. The molecule has 9 heteroatoms. The van der Waals surface area contributed by atoms with Crippen molar-refractivity contribution in [1.29, 1.82) is 0 Å². The zero-order valence-electron chi connectivity index (χ0n) is 15.3. The molecule has 146 valence electrons. The van der Waals surface area contributed by atoms with Crippen molar-refractivity contribution in [3.63, 3.8) is 0 Å². The molecular weight excluding hydrogens is 384 g/mol. The normalized spacial score (nSPS) is 18.3. The summed E-state index contributed by atoms with van der Waals surface area (Å²) in [5.74, 6) is -0.408. The van der Waals surface area contributed by atoms with Crippen molar-refractivity contribution in [2.45, 2.75) is 32.6 Å². The molecule has 1 atom stereocenters. The zero-order valence-corrected chi connectivity index (χ0v) is 16.9. The van der Waals surface area contributed by atoms with Crippen LogP contribution in [0.5, 0.6) is 0 Å². The number of piperidine rings is 1. The van der Waals surface area contributed by atoms with Gasteiger partial charge in [-0.05, 0) is 19.3 Å². The van der Waals surface area contributed by atoms with Crippen LogP contribution in [0.3, 0.4) is 0 Å². The molecule has 0 aliphatic carbocycles. The molecule has 2 aromatic rings. The zero-order chi connectivity index (χ0) is 19.3. The van der Waals surface area contributed by atoms with E-state index >= 15 is 0 Å². The first-order valence-electron chi connectivity index (χ1n) is 9.17. The fraction of sp³-hybridized carbons (Fsp3) is 0.500. The molecule has 0 bridgehead atoms. The van der Waals surface area contributed by atoms with E-state index in [9.17, 15) is 13.2 Å². The van der Waals surface area contributed by atoms with Gasteiger partial charge in [0.25, 0.3) is 0 Å². The minimum absolute atomic E-state index is 0.147. The highest BCUT2D eigenvalue weighted by Crippen LogP contribution is 2.27. The predicted molar refractivity (Wildman–Crippen MR) is 107 cm³/mol. The number of hydrogen-bond acceptors (Lipinski definition) is 6. The number of nitrogens with one attached hydrogen (secondary N) is 1. The Morgan fingerprint density at radius 3 is 2.81 bits per heavy atom. The summed E-state index contributed by atoms with van der Waals surface area (Å²) >= 11 is 1.31. The monoisotopic (exact) mass is 408 g/mol. The fourth-order valence-corrected chi connectivity index (χ4v) is 5.52. The van der Waals surface area contributed by atoms with Gasteiger partial charge in [0.2, 0.25) is 21.1 Å². The number of rotatable bonds is 7. The molecule has 1 saturated heterocycles. The van der Waals surface area contributed by atoms with Gasteiger partial charge in [-0.2, -0.15) is 0 Å². The lowest BCUT2D eigenvalue weighted by molar-refractivity contribution is -0.120. The Morgan fingerprint density at radius 1 is 1.30 bits per heavy atom. The minimum Gasteiger partial charge on any atom is -0.300 e. The van der Waals surface area contributed by atoms with Gasteiger partial charge in [-0.15, -0.1) is 10.2 Å². The van der Waals surface area contributed by atoms with Gasteiger partial charge in [-0.3, -0.25) is 4.79 Å². The van der Waals surface area contributed by atoms with Crippen LogP contribution < -0.4 is 5.32 Å². The third-order valence-corrected chi connectivity index (χ3v) is 7.39. The number of sulfonamides is 1. The topological polar surface area (TPSA) is 92.3 Å². The molecule has 1 unspecified atom stereocenters. The summed E-state index contributed by atoms with van der Waals surface area (Å²) in [5.41, 5.74) is 0.946. The predicted octanol–water partition coefficient (Wildman–Crippen LogP) is 2.99. The van der Waals surface area contributed by atoms with E-state index in [1.165, 1.54) is 15.6 Å². The maximum absolute atomic E-state index is 12.6. The van der Waals surface area contributed by atoms with E-state index < -0.39 is 10.0 Å². The Morgan fingerprint density at radius 2 is 2.07 bits per heavy atom. The summed E-state index contributed by atoms with van der Waals surface area (Å²) in [4.78, 5) is 12.6. The van der Waals surface area contributed by atoms with Gasteiger partial charge < -0.3 is 5.32 Å². The molecule has 1 fully saturated rings. The van der Waals surface area contributed by atoms with Crippen molar-refractivity contribution in [2.75, 3.05) is 24.2 Å². The molecule has 3 rings (SSSR count). The third kappa shape index (κ3) is 5.12. The molecule has 1 N–H and O–H groups in total. The molecule has 1 aromatic heterocycles. The highest BCUT2D eigenvalue weighted by Gasteiger charge is 2.32. The number of benzene rings is 1. The standard InChI is InChI=1S/C18H24N4O3S2/c1-2-3-12-27(24,25)22-11-7-10-15(13-22)16(23)19-18-21-20-17(26-18)14-8-5-4-6-9-14/h4-6,8-9,15H,2-3,7,10-13H2,1H3,(H,19,21,23). The SMILES string of the molecule is CCCCS(=O)(=O)N1CCCC(C(=O)Nc2nnc(-c3ccccc3)s2)C1. The van der Waals surface area contributed by atoms with Crippen molar-refractivity contribution in [3.8, 4) is 10.6 Å². The van der Waals surface area contributed by atoms with E-state index in [1.807, 2.05) is 37.3 Å². The van der Waals surface area contributed by atoms with Crippen LogP contribution in [0.25, 0.3) is 10.6 Å². The van der Waals surface area contributed by atoms with Crippen LogP contribution in [0.2, 0.25) is 0 Å². The molecule has 27 heavy (non-hydrogen) atoms. The molecule has 1 aliphatic heterocycles. The van der Waals surface area contributed by atoms with Crippen molar-refractivity contribution in [3.05, 3.63) is 30.3 Å². The van der Waals surface area contributed by atoms with Crippen LogP contribution in [-0.2, 0) is 14.8 Å². The van der Waals surface area contributed by atoms with E-state index in [0.717, 1.165) is 17.0 Å². The first-order chi connectivity index (χ1) is 13.0. The van der Waals surface area contributed by atoms with Gasteiger partial charge in [0.1, 0.15) is 5.01 Å². The van der Waals surface area contributed by atoms with Gasteiger partial charge in [-0.1, -0.05) is 55.0 Å². The smallest absolute Gasteiger partial charge is 0.230 e. The summed E-state index contributed by atoms with van der Waals surface area (Å²) < 4.78 is 26.3. The highest BCUT2D eigenvalue weighted by molar-refractivity contribution is 7.89. The average Bonchev–Trinajstić information content (AvgIpc) is 3.16. The number of anilines is 1. The van der Waals surface area contributed by atoms with Crippen LogP contribution in [0.1, 0.15) is 32.6 Å². The Bertz CT molecular complexity index is 868. The van der Waals surface area contributed by atoms with Gasteiger partial charge in [0.15, 0.2) is 0 Å². The summed E-state index contributed by atoms with van der Waals surface area (Å²) in [5, 5.41) is 12.1. The van der Waals surface area contributed by atoms with Crippen molar-refractivity contribution < 1.29 is 13.2 Å². The number of hydrogen-bond donors (Lipinski definition) is 1. The summed E-state index contributed by atoms with van der Waals surface area (Å²) in [6.07, 6.45) is 2.84. The van der Waals surface area contributed by atoms with Crippen molar-refractivity contribution in [2.24, 2.45) is 5.92 Å². The number of unbranched alkanes of at least 4 members (excludes halogenated alkanes) is 1. The van der Waals surface area contributed by atoms with Crippen LogP contribution in [0, 0.1) is 5.92 Å². The second-order valence-corrected chi connectivity index (χ2v) is 9.70. The van der Waals surface area contributed by atoms with Crippen LogP contribution >= 0.6 is 11.3 Å². The van der Waals surface area contributed by atoms with Gasteiger partial charge in [0, 0.05) is 18.7 Å². The summed E-state index contributed by atoms with van der Waals surface area (Å²) in [7, 11) is -3.29. The highest BCUT2D eigenvalue weighted by atomic mass is 32.2. The third-order valence-electron chi connectivity index (χ3n) is 4.58. The molecule has 7 nitrogen and oxygen atoms in total. The van der Waals surface area contributed by atoms with Crippen LogP contribution in [0.4, 0.5) is 5.13 Å². The number of carbonyl (C=O) groups excluding carboxylic acids is 1. The summed E-state index contributed by atoms with van der Waals surface area (Å²) in [6, 6.07) is 9.64. The number of nitrogens with zero attached hydrogens (tertiary/aromatic N) is 3. The second-order valence-electron chi connectivity index (χ2n) is 6.63. The quantitative estimate of drug-likeness (QED) is 0.760. The van der Waals surface area contributed by atoms with Crippen molar-refractivity contribution >= 4 is 32.4 Å². The Kier molecular flexibility index (Phi) is 6.56. The number of amides is 1. The van der Waals surface area contributed by atoms with Crippen LogP contribution in [-0.4, -0.2) is 47.7 Å². The fourth-order valence-electron chi connectivity index (χ4n) is 3.04. The maximum atomic E-state index is 12.6. The number of carbonyl (C=O) groups is 1. The van der Waals surface area contributed by atoms with Gasteiger partial charge in [0.05, 0.1) is 11.7 Å². The van der Waals surface area contributed by atoms with Crippen LogP contribution in [0.15, 0.2) is 30.3 Å². The van der Waals surface area contributed by atoms with Gasteiger partial charge >= 0.3 is 0 Å². The molecule has 0 radical (unpaired) electrons. The molecule has 1 amide bonds. The minimum atomic E-state index is -3.29. The Balaban J connectivity index is 1.62. The van der Waals surface area contributed by atoms with E-state index in [1.54, 1.807) is 0 Å². The maximum Gasteiger partial charge on any atom is 0.230 e. The lowest BCUT2D eigenvalue weighted by Gasteiger charge is -2.31. The largest absolute Gasteiger partial charge is 0.300 e.